The van der Waals surface area contributed by atoms with Crippen molar-refractivity contribution in [2.75, 3.05) is 0 Å². The molecule has 20 heavy (non-hydrogen) atoms. The molecule has 0 bridgehead atoms. The molecule has 1 aliphatic heterocycles. The maximum absolute atomic E-state index is 12.6. The topological polar surface area (TPSA) is 56.7 Å². The molecule has 1 aliphatic rings. The molecule has 3 heterocycles. The van der Waals surface area contributed by atoms with E-state index in [0.717, 1.165) is 24.4 Å². The highest BCUT2D eigenvalue weighted by atomic mass is 35.5. The van der Waals surface area contributed by atoms with Gasteiger partial charge in [-0.05, 0) is 24.6 Å². The lowest BCUT2D eigenvalue weighted by atomic mass is 10.1. The van der Waals surface area contributed by atoms with Gasteiger partial charge < -0.3 is 5.73 Å². The maximum Gasteiger partial charge on any atom is 0.433 e. The summed E-state index contributed by atoms with van der Waals surface area (Å²) in [6.07, 6.45) is -2.50. The summed E-state index contributed by atoms with van der Waals surface area (Å²) in [4.78, 5) is 3.33. The standard InChI is InChI=1S/C12H11F3N4.ClH/c13-12(14,15)11-5-7(1-3-17-11)9-6-10-8(16)2-4-19(10)18-9;/h1,3,5-6,8H,2,4,16H2;1H/t8-;/m0./s1. The Morgan fingerprint density at radius 3 is 2.70 bits per heavy atom. The third-order valence-corrected chi connectivity index (χ3v) is 3.19. The van der Waals surface area contributed by atoms with Crippen LogP contribution in [0.3, 0.4) is 0 Å². The highest BCUT2D eigenvalue weighted by molar-refractivity contribution is 5.85. The van der Waals surface area contributed by atoms with Gasteiger partial charge in [-0.3, -0.25) is 9.67 Å². The quantitative estimate of drug-likeness (QED) is 0.881. The van der Waals surface area contributed by atoms with Gasteiger partial charge in [0.05, 0.1) is 11.4 Å². The van der Waals surface area contributed by atoms with E-state index in [4.69, 9.17) is 5.73 Å². The van der Waals surface area contributed by atoms with Gasteiger partial charge in [0, 0.05) is 24.3 Å². The summed E-state index contributed by atoms with van der Waals surface area (Å²) in [5.41, 5.74) is 6.73. The third-order valence-electron chi connectivity index (χ3n) is 3.19. The number of nitrogens with zero attached hydrogens (tertiary/aromatic N) is 3. The molecule has 2 N–H and O–H groups in total. The third kappa shape index (κ3) is 2.51. The van der Waals surface area contributed by atoms with Crippen LogP contribution in [0.4, 0.5) is 13.2 Å². The van der Waals surface area contributed by atoms with Gasteiger partial charge >= 0.3 is 6.18 Å². The van der Waals surface area contributed by atoms with E-state index in [-0.39, 0.29) is 18.4 Å². The van der Waals surface area contributed by atoms with Crippen LogP contribution in [-0.4, -0.2) is 14.8 Å². The number of hydrogen-bond donors (Lipinski definition) is 1. The fourth-order valence-electron chi connectivity index (χ4n) is 2.20. The summed E-state index contributed by atoms with van der Waals surface area (Å²) in [6, 6.07) is 4.17. The molecule has 0 aromatic carbocycles. The zero-order valence-electron chi connectivity index (χ0n) is 10.3. The van der Waals surface area contributed by atoms with Gasteiger partial charge in [0.25, 0.3) is 0 Å². The average Bonchev–Trinajstić information content (AvgIpc) is 2.91. The number of alkyl halides is 3. The van der Waals surface area contributed by atoms with Crippen molar-refractivity contribution in [3.8, 4) is 11.3 Å². The number of fused-ring (bicyclic) bond motifs is 1. The first-order valence-electron chi connectivity index (χ1n) is 5.82. The van der Waals surface area contributed by atoms with Crippen LogP contribution >= 0.6 is 12.4 Å². The molecule has 0 fully saturated rings. The van der Waals surface area contributed by atoms with E-state index in [1.807, 2.05) is 0 Å². The lowest BCUT2D eigenvalue weighted by Crippen LogP contribution is -2.07. The van der Waals surface area contributed by atoms with E-state index in [2.05, 4.69) is 10.1 Å². The van der Waals surface area contributed by atoms with Crippen LogP contribution < -0.4 is 5.73 Å². The van der Waals surface area contributed by atoms with Crippen LogP contribution in [0, 0.1) is 0 Å². The smallest absolute Gasteiger partial charge is 0.323 e. The molecule has 8 heteroatoms. The van der Waals surface area contributed by atoms with Crippen molar-refractivity contribution in [2.45, 2.75) is 25.2 Å². The van der Waals surface area contributed by atoms with Crippen LogP contribution in [0.5, 0.6) is 0 Å². The van der Waals surface area contributed by atoms with E-state index >= 15 is 0 Å². The first-order valence-corrected chi connectivity index (χ1v) is 5.82. The summed E-state index contributed by atoms with van der Waals surface area (Å²) < 4.78 is 39.5. The minimum atomic E-state index is -4.45. The second-order valence-corrected chi connectivity index (χ2v) is 4.50. The molecule has 0 saturated heterocycles. The molecule has 0 saturated carbocycles. The van der Waals surface area contributed by atoms with E-state index in [1.54, 1.807) is 10.7 Å². The second-order valence-electron chi connectivity index (χ2n) is 4.50. The summed E-state index contributed by atoms with van der Waals surface area (Å²) in [6.45, 7) is 0.702. The van der Waals surface area contributed by atoms with Crippen molar-refractivity contribution < 1.29 is 13.2 Å². The van der Waals surface area contributed by atoms with Gasteiger partial charge in [-0.2, -0.15) is 18.3 Å². The Bertz CT molecular complexity index is 623. The molecule has 4 nitrogen and oxygen atoms in total. The van der Waals surface area contributed by atoms with Crippen molar-refractivity contribution in [1.29, 1.82) is 0 Å². The first-order chi connectivity index (χ1) is 8.95. The Morgan fingerprint density at radius 2 is 2.05 bits per heavy atom. The fraction of sp³-hybridized carbons (Fsp3) is 0.333. The van der Waals surface area contributed by atoms with Crippen molar-refractivity contribution in [3.05, 3.63) is 35.8 Å². The Labute approximate surface area is 119 Å². The summed E-state index contributed by atoms with van der Waals surface area (Å²) in [5.74, 6) is 0. The van der Waals surface area contributed by atoms with Gasteiger partial charge in [-0.25, -0.2) is 0 Å². The molecule has 2 aromatic rings. The van der Waals surface area contributed by atoms with Gasteiger partial charge in [0.15, 0.2) is 0 Å². The number of nitrogens with two attached hydrogens (primary N) is 1. The van der Waals surface area contributed by atoms with Crippen LogP contribution in [0.25, 0.3) is 11.3 Å². The van der Waals surface area contributed by atoms with Crippen LogP contribution in [0.15, 0.2) is 24.4 Å². The SMILES string of the molecule is Cl.N[C@H]1CCn2nc(-c3ccnc(C(F)(F)F)c3)cc21. The lowest BCUT2D eigenvalue weighted by molar-refractivity contribution is -0.141. The molecule has 0 unspecified atom stereocenters. The molecule has 0 aliphatic carbocycles. The van der Waals surface area contributed by atoms with Gasteiger partial charge in [0.1, 0.15) is 5.69 Å². The van der Waals surface area contributed by atoms with Crippen molar-refractivity contribution in [1.82, 2.24) is 14.8 Å². The molecule has 0 radical (unpaired) electrons. The van der Waals surface area contributed by atoms with E-state index < -0.39 is 11.9 Å². The highest BCUT2D eigenvalue weighted by Gasteiger charge is 2.33. The Morgan fingerprint density at radius 1 is 1.30 bits per heavy atom. The maximum atomic E-state index is 12.6. The molecule has 2 aromatic heterocycles. The molecular formula is C12H12ClF3N4. The number of rotatable bonds is 1. The zero-order valence-corrected chi connectivity index (χ0v) is 11.1. The minimum absolute atomic E-state index is 0. The number of pyridine rings is 1. The molecule has 3 rings (SSSR count). The average molecular weight is 305 g/mol. The summed E-state index contributed by atoms with van der Waals surface area (Å²) in [7, 11) is 0. The van der Waals surface area contributed by atoms with Crippen molar-refractivity contribution in [3.63, 3.8) is 0 Å². The minimum Gasteiger partial charge on any atom is -0.323 e. The predicted octanol–water partition coefficient (Wildman–Crippen LogP) is 2.79. The van der Waals surface area contributed by atoms with E-state index in [0.29, 0.717) is 17.8 Å². The number of halogens is 4. The molecule has 0 spiro atoms. The summed E-state index contributed by atoms with van der Waals surface area (Å²) in [5, 5.41) is 4.28. The predicted molar refractivity (Wildman–Crippen MR) is 69.3 cm³/mol. The van der Waals surface area contributed by atoms with Crippen LogP contribution in [-0.2, 0) is 12.7 Å². The highest BCUT2D eigenvalue weighted by Crippen LogP contribution is 2.32. The van der Waals surface area contributed by atoms with Gasteiger partial charge in [-0.1, -0.05) is 0 Å². The first kappa shape index (κ1) is 14.8. The number of hydrogen-bond acceptors (Lipinski definition) is 3. The monoisotopic (exact) mass is 304 g/mol. The number of aromatic nitrogens is 3. The van der Waals surface area contributed by atoms with Crippen LogP contribution in [0.1, 0.15) is 23.9 Å². The molecule has 1 atom stereocenters. The molecular weight excluding hydrogens is 293 g/mol. The Balaban J connectivity index is 0.00000147. The Hall–Kier alpha value is -1.60. The van der Waals surface area contributed by atoms with Crippen molar-refractivity contribution >= 4 is 12.4 Å². The van der Waals surface area contributed by atoms with Gasteiger partial charge in [0.2, 0.25) is 0 Å². The molecule has 108 valence electrons. The normalized spacial score (nSPS) is 17.7. The van der Waals surface area contributed by atoms with Crippen LogP contribution in [0.2, 0.25) is 0 Å². The largest absolute Gasteiger partial charge is 0.433 e. The fourth-order valence-corrected chi connectivity index (χ4v) is 2.20. The second kappa shape index (κ2) is 5.06. The van der Waals surface area contributed by atoms with E-state index in [1.165, 1.54) is 6.07 Å². The zero-order chi connectivity index (χ0) is 13.6. The van der Waals surface area contributed by atoms with E-state index in [9.17, 15) is 13.2 Å². The van der Waals surface area contributed by atoms with Gasteiger partial charge in [-0.15, -0.1) is 12.4 Å². The number of aryl methyl sites for hydroxylation is 1. The lowest BCUT2D eigenvalue weighted by Gasteiger charge is -2.06. The summed E-state index contributed by atoms with van der Waals surface area (Å²) >= 11 is 0. The Kier molecular flexibility index (Phi) is 3.75. The molecule has 0 amide bonds. The van der Waals surface area contributed by atoms with Crippen molar-refractivity contribution in [2.24, 2.45) is 5.73 Å².